The lowest BCUT2D eigenvalue weighted by molar-refractivity contribution is 0.1000. The number of primary amides is 1. The number of carbonyl (C=O) groups excluding carboxylic acids is 1. The summed E-state index contributed by atoms with van der Waals surface area (Å²) in [5.41, 5.74) is 6.31. The fourth-order valence-corrected chi connectivity index (χ4v) is 0.614. The highest BCUT2D eigenvalue weighted by atomic mass is 16.1. The van der Waals surface area contributed by atoms with E-state index in [9.17, 15) is 4.79 Å². The van der Waals surface area contributed by atoms with Crippen LogP contribution >= 0.6 is 0 Å². The minimum atomic E-state index is -0.438. The number of aryl methyl sites for hydroxylation is 1. The van der Waals surface area contributed by atoms with Gasteiger partial charge in [-0.1, -0.05) is 20.3 Å². The van der Waals surface area contributed by atoms with Gasteiger partial charge in [0, 0.05) is 11.9 Å². The highest BCUT2D eigenvalue weighted by Crippen LogP contribution is 1.96. The third-order valence-corrected chi connectivity index (χ3v) is 1.20. The first-order chi connectivity index (χ1) is 6.11. The van der Waals surface area contributed by atoms with Crippen LogP contribution in [0.2, 0.25) is 0 Å². The molecule has 1 heterocycles. The number of nitrogens with zero attached hydrogens (tertiary/aromatic N) is 1. The molecule has 1 aromatic heterocycles. The van der Waals surface area contributed by atoms with E-state index in [1.165, 1.54) is 12.6 Å². The summed E-state index contributed by atoms with van der Waals surface area (Å²) in [6, 6.07) is 3.41. The van der Waals surface area contributed by atoms with Crippen molar-refractivity contribution in [3.63, 3.8) is 0 Å². The molecule has 1 amide bonds. The van der Waals surface area contributed by atoms with Crippen LogP contribution in [0.1, 0.15) is 36.3 Å². The maximum Gasteiger partial charge on any atom is 0.250 e. The number of hydrogen-bond donors (Lipinski definition) is 1. The van der Waals surface area contributed by atoms with Crippen LogP contribution in [0.5, 0.6) is 0 Å². The summed E-state index contributed by atoms with van der Waals surface area (Å²) >= 11 is 0. The van der Waals surface area contributed by atoms with Gasteiger partial charge in [-0.15, -0.1) is 0 Å². The molecule has 13 heavy (non-hydrogen) atoms. The summed E-state index contributed by atoms with van der Waals surface area (Å²) in [7, 11) is 0. The number of rotatable bonds is 1. The number of pyridine rings is 1. The molecule has 3 heteroatoms. The Morgan fingerprint density at radius 3 is 2.31 bits per heavy atom. The lowest BCUT2D eigenvalue weighted by Gasteiger charge is -1.93. The van der Waals surface area contributed by atoms with Crippen LogP contribution in [0.4, 0.5) is 0 Å². The molecule has 0 spiro atoms. The zero-order chi connectivity index (χ0) is 10.3. The van der Waals surface area contributed by atoms with Gasteiger partial charge in [-0.2, -0.15) is 0 Å². The van der Waals surface area contributed by atoms with Crippen LogP contribution in [-0.4, -0.2) is 10.9 Å². The first kappa shape index (κ1) is 11.6. The SMILES string of the molecule is CCC.Cc1ccc(C(N)=O)cn1. The summed E-state index contributed by atoms with van der Waals surface area (Å²) < 4.78 is 0. The minimum absolute atomic E-state index is 0.438. The fraction of sp³-hybridized carbons (Fsp3) is 0.400. The molecule has 2 N–H and O–H groups in total. The Morgan fingerprint density at radius 2 is 2.00 bits per heavy atom. The highest BCUT2D eigenvalue weighted by Gasteiger charge is 1.97. The lowest BCUT2D eigenvalue weighted by atomic mass is 10.2. The summed E-state index contributed by atoms with van der Waals surface area (Å²) in [6.07, 6.45) is 2.72. The second-order valence-electron chi connectivity index (χ2n) is 2.76. The molecule has 0 radical (unpaired) electrons. The normalized spacial score (nSPS) is 8.54. The van der Waals surface area contributed by atoms with E-state index in [2.05, 4.69) is 18.8 Å². The van der Waals surface area contributed by atoms with Crippen molar-refractivity contribution in [3.05, 3.63) is 29.6 Å². The molecule has 0 saturated heterocycles. The van der Waals surface area contributed by atoms with E-state index in [1.807, 2.05) is 6.92 Å². The average molecular weight is 180 g/mol. The van der Waals surface area contributed by atoms with E-state index in [-0.39, 0.29) is 0 Å². The maximum absolute atomic E-state index is 10.5. The second kappa shape index (κ2) is 6.17. The Morgan fingerprint density at radius 1 is 1.46 bits per heavy atom. The molecule has 0 aliphatic rings. The van der Waals surface area contributed by atoms with Gasteiger partial charge in [0.25, 0.3) is 0 Å². The first-order valence-corrected chi connectivity index (χ1v) is 4.34. The zero-order valence-corrected chi connectivity index (χ0v) is 8.37. The molecule has 3 nitrogen and oxygen atoms in total. The van der Waals surface area contributed by atoms with Crippen molar-refractivity contribution in [2.24, 2.45) is 5.73 Å². The molecule has 1 rings (SSSR count). The molecule has 1 aromatic rings. The first-order valence-electron chi connectivity index (χ1n) is 4.34. The molecule has 0 bridgehead atoms. The standard InChI is InChI=1S/C7H8N2O.C3H8/c1-5-2-3-6(4-9-5)7(8)10;1-3-2/h2-4H,1H3,(H2,8,10);3H2,1-2H3. The van der Waals surface area contributed by atoms with Gasteiger partial charge in [-0.05, 0) is 19.1 Å². The molecular weight excluding hydrogens is 164 g/mol. The van der Waals surface area contributed by atoms with Gasteiger partial charge in [0.1, 0.15) is 0 Å². The van der Waals surface area contributed by atoms with Gasteiger partial charge in [0.15, 0.2) is 0 Å². The largest absolute Gasteiger partial charge is 0.366 e. The Labute approximate surface area is 79.0 Å². The molecule has 0 aromatic carbocycles. The van der Waals surface area contributed by atoms with Gasteiger partial charge in [0.05, 0.1) is 5.56 Å². The van der Waals surface area contributed by atoms with E-state index < -0.39 is 5.91 Å². The van der Waals surface area contributed by atoms with Crippen LogP contribution in [0.25, 0.3) is 0 Å². The number of aromatic nitrogens is 1. The minimum Gasteiger partial charge on any atom is -0.366 e. The Hall–Kier alpha value is -1.38. The predicted octanol–water partition coefficient (Wildman–Crippen LogP) is 1.91. The smallest absolute Gasteiger partial charge is 0.250 e. The van der Waals surface area contributed by atoms with E-state index in [4.69, 9.17) is 5.73 Å². The second-order valence-corrected chi connectivity index (χ2v) is 2.76. The third-order valence-electron chi connectivity index (χ3n) is 1.20. The van der Waals surface area contributed by atoms with Gasteiger partial charge in [-0.3, -0.25) is 9.78 Å². The molecular formula is C10H16N2O. The van der Waals surface area contributed by atoms with E-state index in [1.54, 1.807) is 12.1 Å². The van der Waals surface area contributed by atoms with Gasteiger partial charge in [-0.25, -0.2) is 0 Å². The summed E-state index contributed by atoms with van der Waals surface area (Å²) in [5, 5.41) is 0. The van der Waals surface area contributed by atoms with Gasteiger partial charge < -0.3 is 5.73 Å². The zero-order valence-electron chi connectivity index (χ0n) is 8.37. The fourth-order valence-electron chi connectivity index (χ4n) is 0.614. The number of amides is 1. The van der Waals surface area contributed by atoms with Crippen LogP contribution < -0.4 is 5.73 Å². The van der Waals surface area contributed by atoms with Crippen LogP contribution in [0, 0.1) is 6.92 Å². The van der Waals surface area contributed by atoms with Crippen LogP contribution in [0.15, 0.2) is 18.3 Å². The summed E-state index contributed by atoms with van der Waals surface area (Å²) in [5.74, 6) is -0.438. The van der Waals surface area contributed by atoms with E-state index >= 15 is 0 Å². The molecule has 0 fully saturated rings. The van der Waals surface area contributed by atoms with Crippen molar-refractivity contribution < 1.29 is 4.79 Å². The van der Waals surface area contributed by atoms with Crippen molar-refractivity contribution in [1.29, 1.82) is 0 Å². The van der Waals surface area contributed by atoms with Crippen molar-refractivity contribution in [2.45, 2.75) is 27.2 Å². The van der Waals surface area contributed by atoms with Crippen molar-refractivity contribution in [3.8, 4) is 0 Å². The van der Waals surface area contributed by atoms with Crippen LogP contribution in [0.3, 0.4) is 0 Å². The Balaban J connectivity index is 0.000000424. The topological polar surface area (TPSA) is 56.0 Å². The molecule has 0 atom stereocenters. The monoisotopic (exact) mass is 180 g/mol. The quantitative estimate of drug-likeness (QED) is 0.717. The van der Waals surface area contributed by atoms with Gasteiger partial charge in [0.2, 0.25) is 5.91 Å². The summed E-state index contributed by atoms with van der Waals surface area (Å²) in [6.45, 7) is 6.10. The Kier molecular flexibility index (Phi) is 5.52. The molecule has 0 aliphatic carbocycles. The predicted molar refractivity (Wildman–Crippen MR) is 53.5 cm³/mol. The number of carbonyl (C=O) groups is 1. The molecule has 0 unspecified atom stereocenters. The van der Waals surface area contributed by atoms with Crippen molar-refractivity contribution in [2.75, 3.05) is 0 Å². The van der Waals surface area contributed by atoms with Gasteiger partial charge >= 0.3 is 0 Å². The third kappa shape index (κ3) is 4.95. The number of hydrogen-bond acceptors (Lipinski definition) is 2. The van der Waals surface area contributed by atoms with Crippen molar-refractivity contribution in [1.82, 2.24) is 4.98 Å². The average Bonchev–Trinajstić information content (AvgIpc) is 2.06. The van der Waals surface area contributed by atoms with E-state index in [0.717, 1.165) is 5.69 Å². The molecule has 72 valence electrons. The lowest BCUT2D eigenvalue weighted by Crippen LogP contribution is -2.10. The number of nitrogens with two attached hydrogens (primary N) is 1. The highest BCUT2D eigenvalue weighted by molar-refractivity contribution is 5.92. The molecule has 0 saturated carbocycles. The van der Waals surface area contributed by atoms with E-state index in [0.29, 0.717) is 5.56 Å². The summed E-state index contributed by atoms with van der Waals surface area (Å²) in [4.78, 5) is 14.4. The Bertz CT molecular complexity index is 254. The van der Waals surface area contributed by atoms with Crippen LogP contribution in [-0.2, 0) is 0 Å². The molecule has 0 aliphatic heterocycles. The maximum atomic E-state index is 10.5. The van der Waals surface area contributed by atoms with Crippen molar-refractivity contribution >= 4 is 5.91 Å².